The minimum absolute atomic E-state index is 0.204. The molecule has 2 amide bonds. The molecular formula is C50H70N10O2. The average Bonchev–Trinajstić information content (AvgIpc) is 3.67. The molecule has 4 aromatic rings. The van der Waals surface area contributed by atoms with Gasteiger partial charge in [-0.2, -0.15) is 4.98 Å². The SMILES string of the molecule is C=CN(c1ccc(CCCCCN2CC3(CC(CN4CCN(Cc5ccc(-c6c[nH]c7nc(NCC(CC)CC)ncc67)cc5)CC4)C3)C2)cc1N(C)C)C1CCC(=O)NC1=O. The van der Waals surface area contributed by atoms with Gasteiger partial charge in [-0.1, -0.05) is 70.0 Å². The lowest BCUT2D eigenvalue weighted by Crippen LogP contribution is -2.63. The number of nitrogens with one attached hydrogen (secondary N) is 3. The van der Waals surface area contributed by atoms with Crippen molar-refractivity contribution in [2.45, 2.75) is 90.6 Å². The third-order valence-corrected chi connectivity index (χ3v) is 14.3. The number of aromatic nitrogens is 3. The molecule has 4 fully saturated rings. The minimum atomic E-state index is -0.429. The Labute approximate surface area is 369 Å². The van der Waals surface area contributed by atoms with Crippen LogP contribution in [0.15, 0.2) is 67.6 Å². The Kier molecular flexibility index (Phi) is 14.0. The van der Waals surface area contributed by atoms with Gasteiger partial charge >= 0.3 is 0 Å². The van der Waals surface area contributed by atoms with E-state index in [1.54, 1.807) is 6.20 Å². The van der Waals surface area contributed by atoms with Crippen LogP contribution in [-0.4, -0.2) is 121 Å². The van der Waals surface area contributed by atoms with E-state index >= 15 is 0 Å². The molecule has 12 heteroatoms. The normalized spacial score (nSPS) is 19.7. The van der Waals surface area contributed by atoms with Gasteiger partial charge < -0.3 is 29.9 Å². The fourth-order valence-corrected chi connectivity index (χ4v) is 10.7. The van der Waals surface area contributed by atoms with Crippen LogP contribution < -0.4 is 20.4 Å². The Morgan fingerprint density at radius 1 is 0.935 bits per heavy atom. The van der Waals surface area contributed by atoms with Gasteiger partial charge in [0.15, 0.2) is 0 Å². The summed E-state index contributed by atoms with van der Waals surface area (Å²) in [7, 11) is 4.07. The summed E-state index contributed by atoms with van der Waals surface area (Å²) in [6, 6.07) is 15.2. The predicted molar refractivity (Wildman–Crippen MR) is 252 cm³/mol. The van der Waals surface area contributed by atoms with Gasteiger partial charge in [0, 0.05) is 103 Å². The molecule has 0 radical (unpaired) electrons. The standard InChI is InChI=1S/C50H70N10O2/c1-6-36(7-2)29-52-49-53-31-42-41(30-51-47(42)55-49)40-16-13-38(14-17-40)32-57-22-24-58(25-23-57)33-39-27-50(28-39)34-59(35-50)21-11-9-10-12-37-15-18-43(45(26-37)56(4)5)60(8-3)44-19-20-46(61)54-48(44)62/h8,13-18,26,30-31,36,39,44H,3,6-7,9-12,19-25,27-29,32-35H2,1-2,4-5H3,(H,54,61,62)(H2,51,52,53,55). The number of fused-ring (bicyclic) bond motifs is 1. The number of imide groups is 1. The van der Waals surface area contributed by atoms with Crippen molar-refractivity contribution >= 4 is 40.2 Å². The number of rotatable bonds is 20. The van der Waals surface area contributed by atoms with Gasteiger partial charge in [-0.05, 0) is 97.3 Å². The number of carbonyl (C=O) groups is 2. The number of unbranched alkanes of at least 4 members (excludes halogenated alkanes) is 2. The van der Waals surface area contributed by atoms with E-state index in [0.29, 0.717) is 30.1 Å². The van der Waals surface area contributed by atoms with Crippen molar-refractivity contribution in [3.8, 4) is 11.1 Å². The number of carbonyl (C=O) groups excluding carboxylic acids is 2. The van der Waals surface area contributed by atoms with Crippen molar-refractivity contribution < 1.29 is 9.59 Å². The molecule has 1 saturated carbocycles. The molecule has 1 unspecified atom stereocenters. The summed E-state index contributed by atoms with van der Waals surface area (Å²) in [4.78, 5) is 49.2. The summed E-state index contributed by atoms with van der Waals surface area (Å²) in [5, 5.41) is 6.97. The number of piperazine rings is 1. The fourth-order valence-electron chi connectivity index (χ4n) is 10.7. The zero-order valence-corrected chi connectivity index (χ0v) is 37.8. The van der Waals surface area contributed by atoms with Crippen molar-refractivity contribution in [3.63, 3.8) is 0 Å². The topological polar surface area (TPSA) is 116 Å². The number of anilines is 3. The van der Waals surface area contributed by atoms with Gasteiger partial charge in [-0.25, -0.2) is 4.98 Å². The Morgan fingerprint density at radius 3 is 2.39 bits per heavy atom. The number of likely N-dealkylation sites (tertiary alicyclic amines) is 1. The fraction of sp³-hybridized carbons (Fsp3) is 0.560. The lowest BCUT2D eigenvalue weighted by molar-refractivity contribution is -0.134. The average molecular weight is 843 g/mol. The minimum Gasteiger partial charge on any atom is -0.376 e. The first kappa shape index (κ1) is 43.9. The van der Waals surface area contributed by atoms with Gasteiger partial charge in [0.25, 0.3) is 0 Å². The molecule has 2 aromatic carbocycles. The predicted octanol–water partition coefficient (Wildman–Crippen LogP) is 7.54. The van der Waals surface area contributed by atoms with Crippen LogP contribution in [0.2, 0.25) is 0 Å². The van der Waals surface area contributed by atoms with Gasteiger partial charge in [0.05, 0.1) is 11.4 Å². The molecule has 4 aliphatic rings. The highest BCUT2D eigenvalue weighted by Gasteiger charge is 2.51. The highest BCUT2D eigenvalue weighted by molar-refractivity contribution is 6.02. The second kappa shape index (κ2) is 19.7. The molecule has 12 nitrogen and oxygen atoms in total. The van der Waals surface area contributed by atoms with E-state index in [2.05, 4.69) is 109 Å². The summed E-state index contributed by atoms with van der Waals surface area (Å²) in [6.07, 6.45) is 16.4. The highest BCUT2D eigenvalue weighted by atomic mass is 16.2. The number of hydrogen-bond acceptors (Lipinski definition) is 10. The Balaban J connectivity index is 0.698. The molecule has 3 N–H and O–H groups in total. The molecule has 62 heavy (non-hydrogen) atoms. The second-order valence-corrected chi connectivity index (χ2v) is 19.1. The van der Waals surface area contributed by atoms with Crippen LogP contribution in [0.3, 0.4) is 0 Å². The molecule has 1 atom stereocenters. The first-order valence-electron chi connectivity index (χ1n) is 23.5. The van der Waals surface area contributed by atoms with Crippen LogP contribution in [0, 0.1) is 17.3 Å². The molecule has 0 bridgehead atoms. The van der Waals surface area contributed by atoms with Crippen LogP contribution in [0.5, 0.6) is 0 Å². The molecular weight excluding hydrogens is 773 g/mol. The monoisotopic (exact) mass is 843 g/mol. The number of hydrogen-bond donors (Lipinski definition) is 3. The molecule has 8 rings (SSSR count). The zero-order valence-electron chi connectivity index (χ0n) is 37.8. The first-order valence-corrected chi connectivity index (χ1v) is 23.5. The molecule has 1 aliphatic carbocycles. The van der Waals surface area contributed by atoms with Crippen LogP contribution in [0.1, 0.15) is 82.8 Å². The van der Waals surface area contributed by atoms with E-state index < -0.39 is 6.04 Å². The van der Waals surface area contributed by atoms with E-state index in [0.717, 1.165) is 79.3 Å². The van der Waals surface area contributed by atoms with Crippen molar-refractivity contribution in [1.29, 1.82) is 0 Å². The largest absolute Gasteiger partial charge is 0.376 e. The highest BCUT2D eigenvalue weighted by Crippen LogP contribution is 2.52. The van der Waals surface area contributed by atoms with Crippen molar-refractivity contribution in [3.05, 3.63) is 78.8 Å². The number of H-pyrrole nitrogens is 1. The van der Waals surface area contributed by atoms with Gasteiger partial charge in [0.2, 0.25) is 17.8 Å². The second-order valence-electron chi connectivity index (χ2n) is 19.1. The molecule has 1 spiro atoms. The molecule has 2 aromatic heterocycles. The summed E-state index contributed by atoms with van der Waals surface area (Å²) in [5.41, 5.74) is 8.51. The number of aryl methyl sites for hydroxylation is 1. The third-order valence-electron chi connectivity index (χ3n) is 14.3. The summed E-state index contributed by atoms with van der Waals surface area (Å²) >= 11 is 0. The molecule has 332 valence electrons. The van der Waals surface area contributed by atoms with Crippen molar-refractivity contribution in [2.75, 3.05) is 88.1 Å². The number of aromatic amines is 1. The van der Waals surface area contributed by atoms with E-state index in [9.17, 15) is 9.59 Å². The lowest BCUT2D eigenvalue weighted by Gasteiger charge is -2.60. The maximum Gasteiger partial charge on any atom is 0.249 e. The number of nitrogens with zero attached hydrogens (tertiary/aromatic N) is 7. The van der Waals surface area contributed by atoms with Crippen LogP contribution in [-0.2, 0) is 22.6 Å². The van der Waals surface area contributed by atoms with Crippen LogP contribution >= 0.6 is 0 Å². The summed E-state index contributed by atoms with van der Waals surface area (Å²) in [5.74, 6) is 1.74. The summed E-state index contributed by atoms with van der Waals surface area (Å²) < 4.78 is 0. The lowest BCUT2D eigenvalue weighted by atomic mass is 9.57. The number of amides is 2. The maximum absolute atomic E-state index is 12.6. The van der Waals surface area contributed by atoms with Crippen molar-refractivity contribution in [2.24, 2.45) is 17.3 Å². The third kappa shape index (κ3) is 10.2. The van der Waals surface area contributed by atoms with E-state index in [1.165, 1.54) is 88.1 Å². The Morgan fingerprint density at radius 2 is 1.68 bits per heavy atom. The Hall–Kier alpha value is -4.78. The summed E-state index contributed by atoms with van der Waals surface area (Å²) in [6.45, 7) is 20.1. The maximum atomic E-state index is 12.6. The van der Waals surface area contributed by atoms with E-state index in [1.807, 2.05) is 25.2 Å². The van der Waals surface area contributed by atoms with E-state index in [4.69, 9.17) is 4.98 Å². The van der Waals surface area contributed by atoms with Gasteiger partial charge in [0.1, 0.15) is 11.7 Å². The van der Waals surface area contributed by atoms with E-state index in [-0.39, 0.29) is 11.8 Å². The zero-order chi connectivity index (χ0) is 43.2. The molecule has 3 aliphatic heterocycles. The number of benzene rings is 2. The molecule has 5 heterocycles. The van der Waals surface area contributed by atoms with Gasteiger partial charge in [-0.3, -0.25) is 19.8 Å². The Bertz CT molecular complexity index is 2140. The molecule has 3 saturated heterocycles. The van der Waals surface area contributed by atoms with Crippen LogP contribution in [0.4, 0.5) is 17.3 Å². The van der Waals surface area contributed by atoms with Gasteiger partial charge in [-0.15, -0.1) is 0 Å². The number of piperidine rings is 1. The van der Waals surface area contributed by atoms with Crippen LogP contribution in [0.25, 0.3) is 22.2 Å². The quantitative estimate of drug-likeness (QED) is 0.0610. The first-order chi connectivity index (χ1) is 30.1. The smallest absolute Gasteiger partial charge is 0.249 e. The van der Waals surface area contributed by atoms with Crippen molar-refractivity contribution in [1.82, 2.24) is 35.0 Å².